The van der Waals surface area contributed by atoms with Crippen LogP contribution in [0.3, 0.4) is 0 Å². The van der Waals surface area contributed by atoms with Crippen LogP contribution < -0.4 is 0 Å². The molecule has 1 heterocycles. The van der Waals surface area contributed by atoms with Gasteiger partial charge in [0, 0.05) is 6.42 Å². The van der Waals surface area contributed by atoms with E-state index in [4.69, 9.17) is 10.2 Å². The Morgan fingerprint density at radius 2 is 2.13 bits per heavy atom. The first-order valence-corrected chi connectivity index (χ1v) is 4.91. The number of rotatable bonds is 4. The Labute approximate surface area is 93.4 Å². The van der Waals surface area contributed by atoms with Crippen molar-refractivity contribution < 1.29 is 19.8 Å². The van der Waals surface area contributed by atoms with E-state index in [1.165, 1.54) is 6.92 Å². The van der Waals surface area contributed by atoms with Gasteiger partial charge < -0.3 is 10.2 Å². The van der Waals surface area contributed by atoms with Gasteiger partial charge in [-0.25, -0.2) is 4.79 Å². The first kappa shape index (κ1) is 11.7. The molecule has 1 atom stereocenters. The van der Waals surface area contributed by atoms with E-state index in [2.05, 4.69) is 26.1 Å². The molecule has 0 aliphatic rings. The third-order valence-electron chi connectivity index (χ3n) is 1.91. The molecule has 0 amide bonds. The van der Waals surface area contributed by atoms with Crippen molar-refractivity contribution in [3.8, 4) is 0 Å². The lowest BCUT2D eigenvalue weighted by Gasteiger charge is -2.03. The number of carboxylic acids is 2. The predicted octanol–water partition coefficient (Wildman–Crippen LogP) is 1.13. The van der Waals surface area contributed by atoms with Crippen molar-refractivity contribution in [2.45, 2.75) is 13.3 Å². The Kier molecular flexibility index (Phi) is 3.46. The van der Waals surface area contributed by atoms with Gasteiger partial charge in [-0.05, 0) is 15.9 Å². The Morgan fingerprint density at radius 1 is 1.53 bits per heavy atom. The molecule has 1 rings (SSSR count). The Bertz CT molecular complexity index is 401. The van der Waals surface area contributed by atoms with Crippen molar-refractivity contribution in [2.24, 2.45) is 5.92 Å². The summed E-state index contributed by atoms with van der Waals surface area (Å²) < 4.78 is 0.308. The number of carboxylic acid groups (broad SMARTS) is 2. The molecule has 82 valence electrons. The first-order chi connectivity index (χ1) is 6.93. The highest BCUT2D eigenvalue weighted by molar-refractivity contribution is 9.10. The Morgan fingerprint density at radius 3 is 2.53 bits per heavy atom. The summed E-state index contributed by atoms with van der Waals surface area (Å²) in [5.74, 6) is -2.69. The van der Waals surface area contributed by atoms with Crippen LogP contribution in [-0.4, -0.2) is 32.3 Å². The number of nitrogens with zero attached hydrogens (tertiary/aromatic N) is 1. The average Bonchev–Trinajstić information content (AvgIpc) is 2.48. The van der Waals surface area contributed by atoms with Crippen LogP contribution in [0.15, 0.2) is 4.47 Å². The molecule has 1 aromatic rings. The minimum Gasteiger partial charge on any atom is -0.481 e. The zero-order chi connectivity index (χ0) is 11.6. The fraction of sp³-hybridized carbons (Fsp3) is 0.375. The minimum absolute atomic E-state index is 0.136. The van der Waals surface area contributed by atoms with Crippen molar-refractivity contribution in [2.75, 3.05) is 0 Å². The van der Waals surface area contributed by atoms with E-state index in [-0.39, 0.29) is 12.1 Å². The van der Waals surface area contributed by atoms with Gasteiger partial charge in [-0.2, -0.15) is 5.10 Å². The van der Waals surface area contributed by atoms with E-state index in [1.54, 1.807) is 0 Å². The van der Waals surface area contributed by atoms with Crippen LogP contribution in [0.2, 0.25) is 0 Å². The largest absolute Gasteiger partial charge is 0.481 e. The number of hydrogen-bond donors (Lipinski definition) is 3. The van der Waals surface area contributed by atoms with E-state index >= 15 is 0 Å². The summed E-state index contributed by atoms with van der Waals surface area (Å²) in [6.45, 7) is 1.54. The molecule has 15 heavy (non-hydrogen) atoms. The molecular weight excluding hydrogens is 268 g/mol. The zero-order valence-electron chi connectivity index (χ0n) is 7.82. The summed E-state index contributed by atoms with van der Waals surface area (Å²) in [5.41, 5.74) is 0.338. The average molecular weight is 277 g/mol. The fourth-order valence-electron chi connectivity index (χ4n) is 1.03. The van der Waals surface area contributed by atoms with Crippen LogP contribution in [-0.2, 0) is 11.2 Å². The van der Waals surface area contributed by atoms with Crippen LogP contribution in [0.25, 0.3) is 0 Å². The van der Waals surface area contributed by atoms with E-state index in [0.29, 0.717) is 10.2 Å². The number of aromatic carboxylic acids is 1. The normalized spacial score (nSPS) is 12.4. The molecule has 0 radical (unpaired) electrons. The molecule has 0 bridgehead atoms. The lowest BCUT2D eigenvalue weighted by atomic mass is 10.1. The summed E-state index contributed by atoms with van der Waals surface area (Å²) in [7, 11) is 0. The number of aromatic nitrogens is 2. The maximum Gasteiger partial charge on any atom is 0.357 e. The number of H-pyrrole nitrogens is 1. The number of aliphatic carboxylic acids is 1. The summed E-state index contributed by atoms with van der Waals surface area (Å²) >= 11 is 3.06. The van der Waals surface area contributed by atoms with Crippen molar-refractivity contribution in [1.82, 2.24) is 10.2 Å². The van der Waals surface area contributed by atoms with E-state index in [0.717, 1.165) is 0 Å². The standard InChI is InChI=1S/C8H9BrN2O4/c1-3(7(12)13)2-4-5(9)6(8(14)15)11-10-4/h3H,2H2,1H3,(H,10,11)(H,12,13)(H,14,15). The molecular formula is C8H9BrN2O4. The summed E-state index contributed by atoms with van der Waals surface area (Å²) in [4.78, 5) is 21.2. The van der Waals surface area contributed by atoms with Crippen LogP contribution in [0.4, 0.5) is 0 Å². The van der Waals surface area contributed by atoms with Gasteiger partial charge in [0.25, 0.3) is 0 Å². The molecule has 0 saturated heterocycles. The quantitative estimate of drug-likeness (QED) is 0.765. The number of hydrogen-bond acceptors (Lipinski definition) is 3. The van der Waals surface area contributed by atoms with Gasteiger partial charge in [-0.15, -0.1) is 0 Å². The highest BCUT2D eigenvalue weighted by Gasteiger charge is 2.20. The smallest absolute Gasteiger partial charge is 0.357 e. The Hall–Kier alpha value is -1.37. The lowest BCUT2D eigenvalue weighted by Crippen LogP contribution is -2.12. The highest BCUT2D eigenvalue weighted by atomic mass is 79.9. The maximum absolute atomic E-state index is 10.6. The lowest BCUT2D eigenvalue weighted by molar-refractivity contribution is -0.141. The number of carbonyl (C=O) groups is 2. The SMILES string of the molecule is CC(Cc1[nH]nc(C(=O)O)c1Br)C(=O)O. The molecule has 0 aliphatic carbocycles. The second-order valence-electron chi connectivity index (χ2n) is 3.11. The molecule has 1 aromatic heterocycles. The number of nitrogens with one attached hydrogen (secondary N) is 1. The minimum atomic E-state index is -1.16. The van der Waals surface area contributed by atoms with Gasteiger partial charge >= 0.3 is 11.9 Å². The van der Waals surface area contributed by atoms with Gasteiger partial charge in [0.2, 0.25) is 0 Å². The molecule has 0 aliphatic heterocycles. The number of aromatic amines is 1. The first-order valence-electron chi connectivity index (χ1n) is 4.12. The topological polar surface area (TPSA) is 103 Å². The zero-order valence-corrected chi connectivity index (χ0v) is 9.41. The summed E-state index contributed by atoms with van der Waals surface area (Å²) in [6, 6.07) is 0. The van der Waals surface area contributed by atoms with Gasteiger partial charge in [0.05, 0.1) is 16.1 Å². The monoisotopic (exact) mass is 276 g/mol. The fourth-order valence-corrected chi connectivity index (χ4v) is 1.54. The summed E-state index contributed by atoms with van der Waals surface area (Å²) in [6.07, 6.45) is 0.205. The number of halogens is 1. The van der Waals surface area contributed by atoms with Gasteiger partial charge in [-0.3, -0.25) is 9.89 Å². The van der Waals surface area contributed by atoms with Gasteiger partial charge in [0.15, 0.2) is 5.69 Å². The van der Waals surface area contributed by atoms with Gasteiger partial charge in [0.1, 0.15) is 0 Å². The second-order valence-corrected chi connectivity index (χ2v) is 3.91. The molecule has 0 saturated carbocycles. The molecule has 0 aromatic carbocycles. The Balaban J connectivity index is 2.88. The third kappa shape index (κ3) is 2.56. The van der Waals surface area contributed by atoms with Crippen LogP contribution in [0, 0.1) is 5.92 Å². The molecule has 7 heteroatoms. The molecule has 0 spiro atoms. The third-order valence-corrected chi connectivity index (χ3v) is 2.76. The molecule has 1 unspecified atom stereocenters. The maximum atomic E-state index is 10.6. The van der Waals surface area contributed by atoms with Crippen LogP contribution >= 0.6 is 15.9 Å². The second kappa shape index (κ2) is 4.43. The van der Waals surface area contributed by atoms with Crippen molar-refractivity contribution in [3.05, 3.63) is 15.9 Å². The molecule has 3 N–H and O–H groups in total. The van der Waals surface area contributed by atoms with Crippen molar-refractivity contribution in [1.29, 1.82) is 0 Å². The summed E-state index contributed by atoms with van der Waals surface area (Å²) in [5, 5.41) is 23.4. The van der Waals surface area contributed by atoms with E-state index < -0.39 is 17.9 Å². The van der Waals surface area contributed by atoms with Crippen molar-refractivity contribution in [3.63, 3.8) is 0 Å². The van der Waals surface area contributed by atoms with E-state index in [1.807, 2.05) is 0 Å². The predicted molar refractivity (Wildman–Crippen MR) is 53.8 cm³/mol. The van der Waals surface area contributed by atoms with Gasteiger partial charge in [-0.1, -0.05) is 6.92 Å². The van der Waals surface area contributed by atoms with E-state index in [9.17, 15) is 9.59 Å². The highest BCUT2D eigenvalue weighted by Crippen LogP contribution is 2.21. The van der Waals surface area contributed by atoms with Crippen LogP contribution in [0.1, 0.15) is 23.1 Å². The molecule has 6 nitrogen and oxygen atoms in total. The van der Waals surface area contributed by atoms with Crippen LogP contribution in [0.5, 0.6) is 0 Å². The van der Waals surface area contributed by atoms with Crippen molar-refractivity contribution >= 4 is 27.9 Å². The molecule has 0 fully saturated rings.